The lowest BCUT2D eigenvalue weighted by atomic mass is 10.3. The zero-order chi connectivity index (χ0) is 15.2. The molecule has 0 radical (unpaired) electrons. The molecule has 1 amide bonds. The minimum Gasteiger partial charge on any atom is -0.355 e. The summed E-state index contributed by atoms with van der Waals surface area (Å²) in [7, 11) is 0. The summed E-state index contributed by atoms with van der Waals surface area (Å²) in [6.07, 6.45) is 2.02. The summed E-state index contributed by atoms with van der Waals surface area (Å²) in [5.74, 6) is 1.80. The molecule has 0 bridgehead atoms. The van der Waals surface area contributed by atoms with Crippen LogP contribution in [0.15, 0.2) is 6.07 Å². The van der Waals surface area contributed by atoms with Crippen molar-refractivity contribution in [2.75, 3.05) is 42.9 Å². The fourth-order valence-electron chi connectivity index (χ4n) is 2.49. The number of rotatable bonds is 4. The molecule has 1 aromatic rings. The molecule has 1 saturated heterocycles. The first-order valence-corrected chi connectivity index (χ1v) is 7.70. The third kappa shape index (κ3) is 4.31. The van der Waals surface area contributed by atoms with Crippen molar-refractivity contribution in [3.05, 3.63) is 11.8 Å². The van der Waals surface area contributed by atoms with Crippen LogP contribution in [0.5, 0.6) is 0 Å². The minimum absolute atomic E-state index is 0.154. The van der Waals surface area contributed by atoms with Gasteiger partial charge >= 0.3 is 0 Å². The summed E-state index contributed by atoms with van der Waals surface area (Å²) in [6.45, 7) is 9.96. The predicted molar refractivity (Wildman–Crippen MR) is 84.6 cm³/mol. The van der Waals surface area contributed by atoms with E-state index in [1.165, 1.54) is 0 Å². The molecule has 21 heavy (non-hydrogen) atoms. The quantitative estimate of drug-likeness (QED) is 0.914. The SMILES string of the molecule is CCCNc1nc(C)cc(N2CCCN(C(C)=O)CC2)n1. The maximum Gasteiger partial charge on any atom is 0.224 e. The van der Waals surface area contributed by atoms with Crippen LogP contribution >= 0.6 is 0 Å². The molecule has 1 aliphatic heterocycles. The molecule has 0 unspecified atom stereocenters. The van der Waals surface area contributed by atoms with E-state index in [1.807, 2.05) is 17.9 Å². The minimum atomic E-state index is 0.154. The van der Waals surface area contributed by atoms with Crippen molar-refractivity contribution < 1.29 is 4.79 Å². The number of anilines is 2. The average Bonchev–Trinajstić information content (AvgIpc) is 2.70. The van der Waals surface area contributed by atoms with Crippen LogP contribution in [-0.2, 0) is 4.79 Å². The Hall–Kier alpha value is -1.85. The summed E-state index contributed by atoms with van der Waals surface area (Å²) in [5, 5.41) is 3.24. The molecule has 116 valence electrons. The molecule has 0 aromatic carbocycles. The van der Waals surface area contributed by atoms with Gasteiger partial charge in [0.25, 0.3) is 0 Å². The van der Waals surface area contributed by atoms with E-state index in [2.05, 4.69) is 27.1 Å². The molecular weight excluding hydrogens is 266 g/mol. The van der Waals surface area contributed by atoms with Crippen LogP contribution in [0.1, 0.15) is 32.4 Å². The Morgan fingerprint density at radius 3 is 2.81 bits per heavy atom. The number of carbonyl (C=O) groups excluding carboxylic acids is 1. The second kappa shape index (κ2) is 7.24. The van der Waals surface area contributed by atoms with Crippen LogP contribution < -0.4 is 10.2 Å². The summed E-state index contributed by atoms with van der Waals surface area (Å²) >= 11 is 0. The van der Waals surface area contributed by atoms with E-state index >= 15 is 0 Å². The number of hydrogen-bond acceptors (Lipinski definition) is 5. The largest absolute Gasteiger partial charge is 0.355 e. The van der Waals surface area contributed by atoms with Gasteiger partial charge in [-0.3, -0.25) is 4.79 Å². The molecule has 0 saturated carbocycles. The highest BCUT2D eigenvalue weighted by atomic mass is 16.2. The van der Waals surface area contributed by atoms with Gasteiger partial charge in [-0.25, -0.2) is 4.98 Å². The van der Waals surface area contributed by atoms with Crippen LogP contribution in [0.2, 0.25) is 0 Å². The van der Waals surface area contributed by atoms with E-state index in [9.17, 15) is 4.79 Å². The predicted octanol–water partition coefficient (Wildman–Crippen LogP) is 1.67. The summed E-state index contributed by atoms with van der Waals surface area (Å²) in [6, 6.07) is 2.01. The van der Waals surface area contributed by atoms with E-state index in [0.29, 0.717) is 5.95 Å². The number of amides is 1. The van der Waals surface area contributed by atoms with Gasteiger partial charge in [-0.2, -0.15) is 4.98 Å². The first kappa shape index (κ1) is 15.5. The van der Waals surface area contributed by atoms with E-state index in [0.717, 1.165) is 57.1 Å². The second-order valence-corrected chi connectivity index (χ2v) is 5.46. The van der Waals surface area contributed by atoms with Gasteiger partial charge in [0.2, 0.25) is 11.9 Å². The van der Waals surface area contributed by atoms with Gasteiger partial charge in [-0.05, 0) is 19.8 Å². The molecule has 0 atom stereocenters. The Balaban J connectivity index is 2.10. The summed E-state index contributed by atoms with van der Waals surface area (Å²) in [5.41, 5.74) is 0.964. The lowest BCUT2D eigenvalue weighted by Gasteiger charge is -2.23. The third-order valence-corrected chi connectivity index (χ3v) is 3.64. The lowest BCUT2D eigenvalue weighted by Crippen LogP contribution is -2.34. The van der Waals surface area contributed by atoms with Crippen molar-refractivity contribution in [3.63, 3.8) is 0 Å². The Kier molecular flexibility index (Phi) is 5.36. The van der Waals surface area contributed by atoms with Crippen molar-refractivity contribution in [1.82, 2.24) is 14.9 Å². The van der Waals surface area contributed by atoms with E-state index < -0.39 is 0 Å². The number of nitrogens with one attached hydrogen (secondary N) is 1. The number of carbonyl (C=O) groups is 1. The molecule has 1 fully saturated rings. The molecule has 2 rings (SSSR count). The van der Waals surface area contributed by atoms with Crippen molar-refractivity contribution in [2.45, 2.75) is 33.6 Å². The van der Waals surface area contributed by atoms with Crippen LogP contribution in [0.25, 0.3) is 0 Å². The highest BCUT2D eigenvalue weighted by Crippen LogP contribution is 2.17. The Morgan fingerprint density at radius 2 is 2.10 bits per heavy atom. The molecule has 1 aliphatic rings. The summed E-state index contributed by atoms with van der Waals surface area (Å²) in [4.78, 5) is 24.7. The van der Waals surface area contributed by atoms with E-state index in [-0.39, 0.29) is 5.91 Å². The molecule has 2 heterocycles. The fourth-order valence-corrected chi connectivity index (χ4v) is 2.49. The van der Waals surface area contributed by atoms with Gasteiger partial charge in [0.1, 0.15) is 5.82 Å². The van der Waals surface area contributed by atoms with E-state index in [1.54, 1.807) is 6.92 Å². The first-order valence-electron chi connectivity index (χ1n) is 7.70. The molecule has 1 N–H and O–H groups in total. The monoisotopic (exact) mass is 291 g/mol. The van der Waals surface area contributed by atoms with Crippen LogP contribution in [0.3, 0.4) is 0 Å². The highest BCUT2D eigenvalue weighted by Gasteiger charge is 2.18. The maximum atomic E-state index is 11.5. The number of nitrogens with zero attached hydrogens (tertiary/aromatic N) is 4. The Labute approximate surface area is 126 Å². The Morgan fingerprint density at radius 1 is 1.29 bits per heavy atom. The lowest BCUT2D eigenvalue weighted by molar-refractivity contribution is -0.128. The zero-order valence-corrected chi connectivity index (χ0v) is 13.2. The molecule has 0 aliphatic carbocycles. The molecule has 0 spiro atoms. The van der Waals surface area contributed by atoms with Crippen molar-refractivity contribution >= 4 is 17.7 Å². The molecule has 6 heteroatoms. The Bertz CT molecular complexity index is 491. The summed E-state index contributed by atoms with van der Waals surface area (Å²) < 4.78 is 0. The fraction of sp³-hybridized carbons (Fsp3) is 0.667. The van der Waals surface area contributed by atoms with Crippen molar-refractivity contribution in [1.29, 1.82) is 0 Å². The van der Waals surface area contributed by atoms with Gasteiger partial charge in [0.15, 0.2) is 0 Å². The third-order valence-electron chi connectivity index (χ3n) is 3.64. The van der Waals surface area contributed by atoms with Gasteiger partial charge in [-0.1, -0.05) is 6.92 Å². The first-order chi connectivity index (χ1) is 10.1. The smallest absolute Gasteiger partial charge is 0.224 e. The average molecular weight is 291 g/mol. The highest BCUT2D eigenvalue weighted by molar-refractivity contribution is 5.73. The van der Waals surface area contributed by atoms with Crippen LogP contribution in [0.4, 0.5) is 11.8 Å². The normalized spacial score (nSPS) is 15.8. The maximum absolute atomic E-state index is 11.5. The van der Waals surface area contributed by atoms with Crippen LogP contribution in [-0.4, -0.2) is 53.5 Å². The standard InChI is InChI=1S/C15H25N5O/c1-4-6-16-15-17-12(2)11-14(18-15)20-8-5-7-19(9-10-20)13(3)21/h11H,4-10H2,1-3H3,(H,16,17,18). The van der Waals surface area contributed by atoms with Gasteiger partial charge in [-0.15, -0.1) is 0 Å². The van der Waals surface area contributed by atoms with Gasteiger partial charge < -0.3 is 15.1 Å². The molecule has 6 nitrogen and oxygen atoms in total. The van der Waals surface area contributed by atoms with Gasteiger partial charge in [0, 0.05) is 51.4 Å². The zero-order valence-electron chi connectivity index (χ0n) is 13.2. The van der Waals surface area contributed by atoms with Crippen LogP contribution in [0, 0.1) is 6.92 Å². The van der Waals surface area contributed by atoms with Crippen molar-refractivity contribution in [3.8, 4) is 0 Å². The number of hydrogen-bond donors (Lipinski definition) is 1. The number of aryl methyl sites for hydroxylation is 1. The van der Waals surface area contributed by atoms with Gasteiger partial charge in [0.05, 0.1) is 0 Å². The molecular formula is C15H25N5O. The number of aromatic nitrogens is 2. The topological polar surface area (TPSA) is 61.4 Å². The van der Waals surface area contributed by atoms with Crippen molar-refractivity contribution in [2.24, 2.45) is 0 Å². The van der Waals surface area contributed by atoms with E-state index in [4.69, 9.17) is 0 Å². The molecule has 1 aromatic heterocycles. The second-order valence-electron chi connectivity index (χ2n) is 5.46.